The molecular weight excluding hydrogens is 1080 g/mol. The summed E-state index contributed by atoms with van der Waals surface area (Å²) >= 11 is 0. The topological polar surface area (TPSA) is 80.0 Å². The van der Waals surface area contributed by atoms with E-state index in [-0.39, 0.29) is 0 Å². The lowest BCUT2D eigenvalue weighted by molar-refractivity contribution is 0.669. The molecule has 0 saturated heterocycles. The third kappa shape index (κ3) is 6.62. The molecule has 0 N–H and O–H groups in total. The Bertz CT molecular complexity index is 6380. The summed E-state index contributed by atoms with van der Waals surface area (Å²) in [5, 5.41) is 14.7. The van der Waals surface area contributed by atoms with Crippen LogP contribution in [-0.2, 0) is 0 Å². The van der Waals surface area contributed by atoms with Crippen LogP contribution in [0.2, 0.25) is 0 Å². The van der Waals surface area contributed by atoms with Crippen molar-refractivity contribution in [3.63, 3.8) is 0 Å². The fourth-order valence-electron chi connectivity index (χ4n) is 14.7. The molecule has 20 aromatic rings. The Balaban J connectivity index is 0.768. The van der Waals surface area contributed by atoms with Crippen molar-refractivity contribution in [2.75, 3.05) is 0 Å². The highest BCUT2D eigenvalue weighted by Crippen LogP contribution is 2.46. The van der Waals surface area contributed by atoms with E-state index < -0.39 is 0 Å². The molecule has 13 aromatic carbocycles. The number of benzene rings is 13. The summed E-state index contributed by atoms with van der Waals surface area (Å²) in [5.41, 5.74) is 20.8. The molecule has 0 amide bonds. The lowest BCUT2D eigenvalue weighted by atomic mass is 9.99. The zero-order valence-corrected chi connectivity index (χ0v) is 46.9. The van der Waals surface area contributed by atoms with Crippen molar-refractivity contribution in [2.24, 2.45) is 0 Å². The molecule has 7 heterocycles. The highest BCUT2D eigenvalue weighted by molar-refractivity contribution is 6.30. The summed E-state index contributed by atoms with van der Waals surface area (Å²) in [6.45, 7) is 0. The first-order chi connectivity index (χ1) is 43.6. The Morgan fingerprint density at radius 3 is 1.11 bits per heavy atom. The number of rotatable bonds is 6. The molecule has 88 heavy (non-hydrogen) atoms. The maximum Gasteiger partial charge on any atom is 0.160 e. The first-order valence-corrected chi connectivity index (χ1v) is 29.8. The fourth-order valence-corrected chi connectivity index (χ4v) is 14.7. The number of furan rings is 3. The molecule has 0 aliphatic carbocycles. The number of fused-ring (bicyclic) bond motifs is 22. The van der Waals surface area contributed by atoms with Crippen molar-refractivity contribution in [1.82, 2.24) is 23.7 Å². The van der Waals surface area contributed by atoms with E-state index in [2.05, 4.69) is 262 Å². The summed E-state index contributed by atoms with van der Waals surface area (Å²) in [7, 11) is 0. The summed E-state index contributed by atoms with van der Waals surface area (Å²) < 4.78 is 26.4. The zero-order chi connectivity index (χ0) is 57.3. The van der Waals surface area contributed by atoms with E-state index in [1.165, 1.54) is 26.9 Å². The molecule has 408 valence electrons. The number of hydrogen-bond acceptors (Lipinski definition) is 5. The molecule has 0 fully saturated rings. The van der Waals surface area contributed by atoms with Crippen molar-refractivity contribution in [3.8, 4) is 50.8 Å². The number of para-hydroxylation sites is 6. The number of nitrogens with zero attached hydrogens (tertiary/aromatic N) is 5. The zero-order valence-electron chi connectivity index (χ0n) is 46.9. The van der Waals surface area contributed by atoms with E-state index in [0.29, 0.717) is 5.82 Å². The van der Waals surface area contributed by atoms with Gasteiger partial charge in [0.15, 0.2) is 5.82 Å². The Kier molecular flexibility index (Phi) is 9.57. The SMILES string of the molecule is c1cc(-c2ccc3nc(-c4cccc(-n5c6ccccc6c6c7c(ccc65)oc5ccccc57)c4)nc(-c4ccc(-n5c6ccccc6c6c7c(ccc65)oc5ccccc57)cc4)c3c2)cc(-n2c3ccccc3c3c4c(ccc32)oc2ccccc24)c1. The van der Waals surface area contributed by atoms with E-state index in [9.17, 15) is 0 Å². The minimum atomic E-state index is 0.636. The van der Waals surface area contributed by atoms with Crippen molar-refractivity contribution < 1.29 is 13.3 Å². The standard InChI is InChI=1S/C80H45N5O3/c1-7-25-61-53(19-1)73-64(37-40-70-76(73)56-22-4-10-28-67(56)86-70)83(61)50-34-31-46(32-35-50)79-59-45-48(47-15-13-17-51(43-47)84-62-26-8-2-20-54(62)74-65(84)38-41-71-77(74)57-23-5-11-29-68(57)87-71)33-36-60(59)81-80(82-79)49-16-14-18-52(44-49)85-63-27-9-3-21-55(63)75-66(85)39-42-72-78(75)58-24-6-12-30-69(58)88-72/h1-45H. The van der Waals surface area contributed by atoms with Crippen LogP contribution >= 0.6 is 0 Å². The van der Waals surface area contributed by atoms with E-state index in [1.807, 2.05) is 24.3 Å². The van der Waals surface area contributed by atoms with Crippen molar-refractivity contribution in [2.45, 2.75) is 0 Å². The Labute approximate surface area is 500 Å². The van der Waals surface area contributed by atoms with Gasteiger partial charge in [0.2, 0.25) is 0 Å². The molecule has 0 unspecified atom stereocenters. The van der Waals surface area contributed by atoms with Gasteiger partial charge < -0.3 is 27.0 Å². The van der Waals surface area contributed by atoms with Crippen molar-refractivity contribution in [3.05, 3.63) is 273 Å². The van der Waals surface area contributed by atoms with Crippen LogP contribution < -0.4 is 0 Å². The fraction of sp³-hybridized carbons (Fsp3) is 0. The van der Waals surface area contributed by atoms with Gasteiger partial charge in [-0.25, -0.2) is 9.97 Å². The molecule has 0 atom stereocenters. The molecule has 0 aliphatic heterocycles. The largest absolute Gasteiger partial charge is 0.456 e. The van der Waals surface area contributed by atoms with Gasteiger partial charge in [0.1, 0.15) is 33.5 Å². The van der Waals surface area contributed by atoms with Crippen LogP contribution in [-0.4, -0.2) is 23.7 Å². The van der Waals surface area contributed by atoms with Crippen LogP contribution in [0.15, 0.2) is 286 Å². The minimum Gasteiger partial charge on any atom is -0.456 e. The highest BCUT2D eigenvalue weighted by atomic mass is 16.3. The van der Waals surface area contributed by atoms with Gasteiger partial charge in [-0.05, 0) is 132 Å². The van der Waals surface area contributed by atoms with E-state index in [0.717, 1.165) is 160 Å². The average Bonchev–Trinajstić information content (AvgIpc) is 1.74. The summed E-state index contributed by atoms with van der Waals surface area (Å²) in [4.78, 5) is 11.1. The molecule has 0 saturated carbocycles. The first-order valence-electron chi connectivity index (χ1n) is 29.8. The lowest BCUT2D eigenvalue weighted by Crippen LogP contribution is -1.99. The van der Waals surface area contributed by atoms with Crippen LogP contribution in [0.3, 0.4) is 0 Å². The summed E-state index contributed by atoms with van der Waals surface area (Å²) in [6.07, 6.45) is 0. The molecule has 8 heteroatoms. The third-order valence-electron chi connectivity index (χ3n) is 18.4. The highest BCUT2D eigenvalue weighted by Gasteiger charge is 2.24. The Hall–Kier alpha value is -12.0. The molecule has 0 radical (unpaired) electrons. The number of aromatic nitrogens is 5. The molecule has 20 rings (SSSR count). The molecule has 7 aromatic heterocycles. The van der Waals surface area contributed by atoms with Gasteiger partial charge in [-0.2, -0.15) is 0 Å². The van der Waals surface area contributed by atoms with Gasteiger partial charge in [-0.1, -0.05) is 152 Å². The monoisotopic (exact) mass is 1120 g/mol. The van der Waals surface area contributed by atoms with E-state index in [1.54, 1.807) is 0 Å². The van der Waals surface area contributed by atoms with Crippen LogP contribution in [0.4, 0.5) is 0 Å². The molecule has 0 spiro atoms. The lowest BCUT2D eigenvalue weighted by Gasteiger charge is -2.14. The second kappa shape index (κ2) is 17.8. The van der Waals surface area contributed by atoms with Crippen LogP contribution in [0.5, 0.6) is 0 Å². The molecule has 8 nitrogen and oxygen atoms in total. The quantitative estimate of drug-likeness (QED) is 0.166. The predicted octanol–water partition coefficient (Wildman–Crippen LogP) is 21.6. The van der Waals surface area contributed by atoms with Crippen molar-refractivity contribution >= 4 is 142 Å². The second-order valence-corrected chi connectivity index (χ2v) is 23.1. The predicted molar refractivity (Wildman–Crippen MR) is 361 cm³/mol. The maximum atomic E-state index is 6.43. The van der Waals surface area contributed by atoms with Crippen LogP contribution in [0.25, 0.3) is 193 Å². The van der Waals surface area contributed by atoms with Gasteiger partial charge in [0.05, 0.1) is 44.3 Å². The van der Waals surface area contributed by atoms with Gasteiger partial charge in [-0.15, -0.1) is 0 Å². The number of hydrogen-bond donors (Lipinski definition) is 0. The molecule has 0 aliphatic rings. The molecule has 0 bridgehead atoms. The minimum absolute atomic E-state index is 0.636. The smallest absolute Gasteiger partial charge is 0.160 e. The average molecular weight is 1120 g/mol. The summed E-state index contributed by atoms with van der Waals surface area (Å²) in [5.74, 6) is 0.636. The van der Waals surface area contributed by atoms with Gasteiger partial charge in [0.25, 0.3) is 0 Å². The van der Waals surface area contributed by atoms with Crippen LogP contribution in [0.1, 0.15) is 0 Å². The summed E-state index contributed by atoms with van der Waals surface area (Å²) in [6, 6.07) is 97.1. The normalized spacial score (nSPS) is 12.3. The van der Waals surface area contributed by atoms with Crippen molar-refractivity contribution in [1.29, 1.82) is 0 Å². The third-order valence-corrected chi connectivity index (χ3v) is 18.4. The van der Waals surface area contributed by atoms with Gasteiger partial charge >= 0.3 is 0 Å². The van der Waals surface area contributed by atoms with Gasteiger partial charge in [0, 0.05) is 98.2 Å². The second-order valence-electron chi connectivity index (χ2n) is 23.1. The first kappa shape index (κ1) is 47.4. The Morgan fingerprint density at radius 1 is 0.227 bits per heavy atom. The van der Waals surface area contributed by atoms with Crippen LogP contribution in [0, 0.1) is 0 Å². The molecular formula is C80H45N5O3. The van der Waals surface area contributed by atoms with Gasteiger partial charge in [-0.3, -0.25) is 0 Å². The van der Waals surface area contributed by atoms with E-state index in [4.69, 9.17) is 23.2 Å². The van der Waals surface area contributed by atoms with E-state index >= 15 is 0 Å². The Morgan fingerprint density at radius 2 is 0.625 bits per heavy atom. The maximum absolute atomic E-state index is 6.43.